The van der Waals surface area contributed by atoms with Gasteiger partial charge in [0.25, 0.3) is 17.5 Å². The summed E-state index contributed by atoms with van der Waals surface area (Å²) >= 11 is 6.17. The number of nitrogens with one attached hydrogen (secondary N) is 2. The van der Waals surface area contributed by atoms with Gasteiger partial charge in [0, 0.05) is 29.6 Å². The van der Waals surface area contributed by atoms with Crippen LogP contribution in [0.4, 0.5) is 5.69 Å². The van der Waals surface area contributed by atoms with Gasteiger partial charge in [0.1, 0.15) is 0 Å². The number of H-pyrrole nitrogens is 1. The van der Waals surface area contributed by atoms with Gasteiger partial charge in [-0.25, -0.2) is 0 Å². The summed E-state index contributed by atoms with van der Waals surface area (Å²) in [6.07, 6.45) is 3.34. The first-order valence-electron chi connectivity index (χ1n) is 6.92. The first-order valence-corrected chi connectivity index (χ1v) is 8.15. The molecule has 0 radical (unpaired) electrons. The molecule has 2 heterocycles. The number of nitro groups is 1. The average molecular weight is 374 g/mol. The maximum atomic E-state index is 12.4. The zero-order valence-electron chi connectivity index (χ0n) is 12.5. The molecule has 1 aliphatic rings. The standard InChI is InChI=1S/C15H10N4O4S2/c20-13(9-3-1-5-11(7-9)19(22)23)17-18-14(21)12(25-15(18)24)8-10-4-2-6-16-10/h1-8,16H,(H,17,20). The van der Waals surface area contributed by atoms with Crippen molar-refractivity contribution >= 4 is 51.9 Å². The number of carbonyl (C=O) groups is 2. The van der Waals surface area contributed by atoms with E-state index in [0.717, 1.165) is 28.5 Å². The van der Waals surface area contributed by atoms with Crippen molar-refractivity contribution in [2.45, 2.75) is 0 Å². The first kappa shape index (κ1) is 16.9. The van der Waals surface area contributed by atoms with Crippen LogP contribution in [0.1, 0.15) is 16.1 Å². The lowest BCUT2D eigenvalue weighted by Gasteiger charge is -2.15. The maximum absolute atomic E-state index is 12.4. The van der Waals surface area contributed by atoms with Crippen molar-refractivity contribution in [1.29, 1.82) is 0 Å². The van der Waals surface area contributed by atoms with Crippen LogP contribution in [0.3, 0.4) is 0 Å². The summed E-state index contributed by atoms with van der Waals surface area (Å²) in [5, 5.41) is 11.7. The molecule has 1 aromatic carbocycles. The summed E-state index contributed by atoms with van der Waals surface area (Å²) in [6.45, 7) is 0. The van der Waals surface area contributed by atoms with E-state index in [1.807, 2.05) is 0 Å². The minimum absolute atomic E-state index is 0.0524. The molecule has 1 saturated heterocycles. The number of thioether (sulfide) groups is 1. The fourth-order valence-corrected chi connectivity index (χ4v) is 3.24. The number of hydrogen-bond acceptors (Lipinski definition) is 6. The highest BCUT2D eigenvalue weighted by Gasteiger charge is 2.34. The molecular formula is C15H10N4O4S2. The molecule has 2 aromatic rings. The fraction of sp³-hybridized carbons (Fsp3) is 0. The molecule has 2 amide bonds. The molecular weight excluding hydrogens is 364 g/mol. The van der Waals surface area contributed by atoms with Crippen LogP contribution in [0, 0.1) is 10.1 Å². The second-order valence-corrected chi connectivity index (χ2v) is 6.57. The molecule has 8 nitrogen and oxygen atoms in total. The Bertz CT molecular complexity index is 908. The van der Waals surface area contributed by atoms with Crippen LogP contribution in [-0.2, 0) is 4.79 Å². The van der Waals surface area contributed by atoms with Crippen LogP contribution in [-0.4, -0.2) is 31.1 Å². The van der Waals surface area contributed by atoms with E-state index in [-0.39, 0.29) is 15.6 Å². The molecule has 1 fully saturated rings. The largest absolute Gasteiger partial charge is 0.362 e. The zero-order valence-corrected chi connectivity index (χ0v) is 14.1. The van der Waals surface area contributed by atoms with Gasteiger partial charge in [-0.3, -0.25) is 25.1 Å². The van der Waals surface area contributed by atoms with E-state index in [0.29, 0.717) is 4.91 Å². The van der Waals surface area contributed by atoms with Gasteiger partial charge in [0.2, 0.25) is 0 Å². The number of hydrazine groups is 1. The molecule has 0 aliphatic carbocycles. The number of nitro benzene ring substituents is 1. The Hall–Kier alpha value is -2.98. The SMILES string of the molecule is O=C(NN1C(=O)C(=Cc2ccc[nH]2)SC1=S)c1cccc([N+](=O)[O-])c1. The van der Waals surface area contributed by atoms with Crippen molar-refractivity contribution in [3.05, 3.63) is 68.9 Å². The molecule has 25 heavy (non-hydrogen) atoms. The van der Waals surface area contributed by atoms with Crippen LogP contribution >= 0.6 is 24.0 Å². The molecule has 2 N–H and O–H groups in total. The topological polar surface area (TPSA) is 108 Å². The van der Waals surface area contributed by atoms with Gasteiger partial charge >= 0.3 is 0 Å². The molecule has 0 bridgehead atoms. The summed E-state index contributed by atoms with van der Waals surface area (Å²) in [5.74, 6) is -1.13. The highest BCUT2D eigenvalue weighted by atomic mass is 32.2. The third-order valence-corrected chi connectivity index (χ3v) is 4.54. The maximum Gasteiger partial charge on any atom is 0.285 e. The summed E-state index contributed by atoms with van der Waals surface area (Å²) < 4.78 is 0.168. The molecule has 0 unspecified atom stereocenters. The lowest BCUT2D eigenvalue weighted by atomic mass is 10.2. The van der Waals surface area contributed by atoms with E-state index in [9.17, 15) is 19.7 Å². The van der Waals surface area contributed by atoms with Crippen molar-refractivity contribution in [3.8, 4) is 0 Å². The van der Waals surface area contributed by atoms with Gasteiger partial charge in [0.15, 0.2) is 4.32 Å². The number of carbonyl (C=O) groups excluding carboxylic acids is 2. The molecule has 126 valence electrons. The highest BCUT2D eigenvalue weighted by Crippen LogP contribution is 2.31. The van der Waals surface area contributed by atoms with Crippen LogP contribution in [0.2, 0.25) is 0 Å². The number of nitrogens with zero attached hydrogens (tertiary/aromatic N) is 2. The zero-order chi connectivity index (χ0) is 18.0. The first-order chi connectivity index (χ1) is 12.0. The van der Waals surface area contributed by atoms with E-state index < -0.39 is 16.7 Å². The Labute approximate surface area is 151 Å². The quantitative estimate of drug-likeness (QED) is 0.368. The smallest absolute Gasteiger partial charge is 0.285 e. The van der Waals surface area contributed by atoms with Crippen molar-refractivity contribution in [3.63, 3.8) is 0 Å². The Balaban J connectivity index is 1.77. The number of aromatic amines is 1. The fourth-order valence-electron chi connectivity index (χ4n) is 2.07. The van der Waals surface area contributed by atoms with Gasteiger partial charge in [0.05, 0.1) is 9.83 Å². The van der Waals surface area contributed by atoms with Gasteiger partial charge in [-0.1, -0.05) is 17.8 Å². The van der Waals surface area contributed by atoms with Crippen molar-refractivity contribution in [2.75, 3.05) is 0 Å². The molecule has 1 aromatic heterocycles. The van der Waals surface area contributed by atoms with E-state index in [4.69, 9.17) is 12.2 Å². The number of non-ortho nitro benzene ring substituents is 1. The molecule has 0 spiro atoms. The molecule has 0 saturated carbocycles. The van der Waals surface area contributed by atoms with Crippen LogP contribution < -0.4 is 5.43 Å². The van der Waals surface area contributed by atoms with Crippen LogP contribution in [0.5, 0.6) is 0 Å². The van der Waals surface area contributed by atoms with Gasteiger partial charge in [-0.15, -0.1) is 0 Å². The second-order valence-electron chi connectivity index (χ2n) is 4.89. The number of aromatic nitrogens is 1. The third kappa shape index (κ3) is 3.59. The van der Waals surface area contributed by atoms with Crippen LogP contribution in [0.25, 0.3) is 6.08 Å². The lowest BCUT2D eigenvalue weighted by Crippen LogP contribution is -2.44. The normalized spacial score (nSPS) is 15.7. The van der Waals surface area contributed by atoms with E-state index in [1.54, 1.807) is 24.4 Å². The summed E-state index contributed by atoms with van der Waals surface area (Å²) in [6, 6.07) is 8.78. The van der Waals surface area contributed by atoms with Crippen LogP contribution in [0.15, 0.2) is 47.5 Å². The number of benzene rings is 1. The van der Waals surface area contributed by atoms with Gasteiger partial charge in [-0.05, 0) is 36.5 Å². The Morgan fingerprint density at radius 2 is 2.16 bits per heavy atom. The number of rotatable bonds is 4. The van der Waals surface area contributed by atoms with Gasteiger partial charge < -0.3 is 4.98 Å². The molecule has 3 rings (SSSR count). The average Bonchev–Trinajstić information content (AvgIpc) is 3.19. The Kier molecular flexibility index (Phi) is 4.63. The summed E-state index contributed by atoms with van der Waals surface area (Å²) in [4.78, 5) is 38.2. The number of hydrogen-bond donors (Lipinski definition) is 2. The van der Waals surface area contributed by atoms with E-state index >= 15 is 0 Å². The minimum Gasteiger partial charge on any atom is -0.362 e. The highest BCUT2D eigenvalue weighted by molar-refractivity contribution is 8.26. The summed E-state index contributed by atoms with van der Waals surface area (Å²) in [5.41, 5.74) is 2.94. The molecule has 1 aliphatic heterocycles. The Morgan fingerprint density at radius 1 is 1.36 bits per heavy atom. The van der Waals surface area contributed by atoms with Crippen molar-refractivity contribution in [1.82, 2.24) is 15.4 Å². The number of amides is 2. The molecule has 10 heteroatoms. The lowest BCUT2D eigenvalue weighted by molar-refractivity contribution is -0.384. The number of thiocarbonyl (C=S) groups is 1. The Morgan fingerprint density at radius 3 is 2.84 bits per heavy atom. The predicted octanol–water partition coefficient (Wildman–Crippen LogP) is 2.47. The van der Waals surface area contributed by atoms with E-state index in [1.165, 1.54) is 18.2 Å². The third-order valence-electron chi connectivity index (χ3n) is 3.23. The minimum atomic E-state index is -0.666. The van der Waals surface area contributed by atoms with Crippen molar-refractivity contribution < 1.29 is 14.5 Å². The van der Waals surface area contributed by atoms with Gasteiger partial charge in [-0.2, -0.15) is 5.01 Å². The predicted molar refractivity (Wildman–Crippen MR) is 96.4 cm³/mol. The molecule has 0 atom stereocenters. The van der Waals surface area contributed by atoms with E-state index in [2.05, 4.69) is 10.4 Å². The van der Waals surface area contributed by atoms with Crippen molar-refractivity contribution in [2.24, 2.45) is 0 Å². The monoisotopic (exact) mass is 374 g/mol. The summed E-state index contributed by atoms with van der Waals surface area (Å²) in [7, 11) is 0. The second kappa shape index (κ2) is 6.87.